The number of methoxy groups -OCH3 is 1. The van der Waals surface area contributed by atoms with Gasteiger partial charge in [-0.15, -0.1) is 0 Å². The Morgan fingerprint density at radius 2 is 2.00 bits per heavy atom. The lowest BCUT2D eigenvalue weighted by molar-refractivity contribution is -0.187. The summed E-state index contributed by atoms with van der Waals surface area (Å²) in [6, 6.07) is 4.99. The van der Waals surface area contributed by atoms with Gasteiger partial charge in [0.25, 0.3) is 0 Å². The van der Waals surface area contributed by atoms with E-state index in [9.17, 15) is 27.6 Å². The molecule has 2 atom stereocenters. The summed E-state index contributed by atoms with van der Waals surface area (Å²) >= 11 is 0. The van der Waals surface area contributed by atoms with Crippen molar-refractivity contribution in [2.45, 2.75) is 6.18 Å². The summed E-state index contributed by atoms with van der Waals surface area (Å²) in [6.45, 7) is -1.65. The molecule has 2 N–H and O–H groups in total. The summed E-state index contributed by atoms with van der Waals surface area (Å²) in [7, 11) is 1.19. The third-order valence-corrected chi connectivity index (χ3v) is 4.01. The van der Waals surface area contributed by atoms with Crippen LogP contribution in [0.4, 0.5) is 23.7 Å². The van der Waals surface area contributed by atoms with E-state index in [0.29, 0.717) is 0 Å². The molecule has 11 heteroatoms. The fourth-order valence-electron chi connectivity index (χ4n) is 2.62. The summed E-state index contributed by atoms with van der Waals surface area (Å²) in [4.78, 5) is 35.1. The van der Waals surface area contributed by atoms with E-state index in [-0.39, 0.29) is 18.0 Å². The van der Waals surface area contributed by atoms with E-state index < -0.39 is 49.1 Å². The number of halogens is 3. The number of carbonyl (C=O) groups is 3. The first-order chi connectivity index (χ1) is 12.6. The number of likely N-dealkylation sites (tertiary alicyclic amines) is 1. The van der Waals surface area contributed by atoms with Crippen molar-refractivity contribution in [2.75, 3.05) is 32.1 Å². The van der Waals surface area contributed by atoms with Gasteiger partial charge in [-0.25, -0.2) is 9.59 Å². The molecule has 1 heterocycles. The Morgan fingerprint density at radius 3 is 2.56 bits per heavy atom. The molecule has 0 saturated carbocycles. The second kappa shape index (κ2) is 8.14. The fourth-order valence-corrected chi connectivity index (χ4v) is 2.62. The highest BCUT2D eigenvalue weighted by atomic mass is 19.4. The van der Waals surface area contributed by atoms with E-state index in [4.69, 9.17) is 9.84 Å². The van der Waals surface area contributed by atoms with Gasteiger partial charge in [-0.3, -0.25) is 4.79 Å². The van der Waals surface area contributed by atoms with Crippen LogP contribution in [-0.2, 0) is 14.3 Å². The molecule has 0 bridgehead atoms. The second-order valence-corrected chi connectivity index (χ2v) is 5.82. The van der Waals surface area contributed by atoms with E-state index in [0.717, 1.165) is 4.90 Å². The maximum Gasteiger partial charge on any atom is 0.394 e. The molecular formula is C16H17F3N2O6. The zero-order valence-electron chi connectivity index (χ0n) is 14.2. The summed E-state index contributed by atoms with van der Waals surface area (Å²) < 4.78 is 48.5. The Hall–Kier alpha value is -2.98. The molecule has 0 aliphatic carbocycles. The smallest absolute Gasteiger partial charge is 0.394 e. The number of benzene rings is 1. The topological polar surface area (TPSA) is 105 Å². The van der Waals surface area contributed by atoms with E-state index in [1.807, 2.05) is 0 Å². The lowest BCUT2D eigenvalue weighted by Gasteiger charge is -2.19. The number of alkyl halides is 3. The number of nitrogens with zero attached hydrogens (tertiary/aromatic N) is 1. The minimum atomic E-state index is -4.72. The largest absolute Gasteiger partial charge is 0.482 e. The van der Waals surface area contributed by atoms with Gasteiger partial charge in [0.2, 0.25) is 0 Å². The molecule has 0 unspecified atom stereocenters. The average Bonchev–Trinajstić information content (AvgIpc) is 3.06. The number of aliphatic carboxylic acids is 1. The van der Waals surface area contributed by atoms with Crippen LogP contribution in [0.2, 0.25) is 0 Å². The summed E-state index contributed by atoms with van der Waals surface area (Å²) in [5.74, 6) is -5.83. The van der Waals surface area contributed by atoms with Gasteiger partial charge in [0.1, 0.15) is 5.75 Å². The van der Waals surface area contributed by atoms with Crippen LogP contribution in [0.3, 0.4) is 0 Å². The molecule has 27 heavy (non-hydrogen) atoms. The zero-order chi connectivity index (χ0) is 20.2. The number of ether oxygens (including phenoxy) is 2. The molecular weight excluding hydrogens is 373 g/mol. The highest BCUT2D eigenvalue weighted by molar-refractivity contribution is 5.90. The van der Waals surface area contributed by atoms with Crippen molar-refractivity contribution < 1.29 is 42.1 Å². The van der Waals surface area contributed by atoms with Crippen LogP contribution < -0.4 is 10.1 Å². The second-order valence-electron chi connectivity index (χ2n) is 5.82. The van der Waals surface area contributed by atoms with E-state index >= 15 is 0 Å². The number of esters is 1. The summed E-state index contributed by atoms with van der Waals surface area (Å²) in [6.07, 6.45) is -4.72. The Bertz CT molecular complexity index is 724. The van der Waals surface area contributed by atoms with Crippen LogP contribution in [0, 0.1) is 11.8 Å². The van der Waals surface area contributed by atoms with Gasteiger partial charge in [0.05, 0.1) is 18.9 Å². The summed E-state index contributed by atoms with van der Waals surface area (Å²) in [5, 5.41) is 11.4. The van der Waals surface area contributed by atoms with Crippen LogP contribution >= 0.6 is 0 Å². The van der Waals surface area contributed by atoms with Gasteiger partial charge < -0.3 is 24.8 Å². The average molecular weight is 390 g/mol. The van der Waals surface area contributed by atoms with Crippen LogP contribution in [0.1, 0.15) is 0 Å². The van der Waals surface area contributed by atoms with Crippen molar-refractivity contribution in [2.24, 2.45) is 11.8 Å². The molecule has 1 aliphatic heterocycles. The highest BCUT2D eigenvalue weighted by Crippen LogP contribution is 2.37. The summed E-state index contributed by atoms with van der Waals surface area (Å²) in [5.41, 5.74) is 0.213. The lowest BCUT2D eigenvalue weighted by Crippen LogP contribution is -2.35. The number of amides is 2. The first-order valence-electron chi connectivity index (χ1n) is 7.77. The number of hydrogen-bond donors (Lipinski definition) is 2. The molecule has 0 radical (unpaired) electrons. The van der Waals surface area contributed by atoms with Gasteiger partial charge in [-0.2, -0.15) is 13.2 Å². The minimum absolute atomic E-state index is 0.213. The normalized spacial score (nSPS) is 19.5. The number of nitrogens with one attached hydrogen (secondary N) is 1. The monoisotopic (exact) mass is 390 g/mol. The zero-order valence-corrected chi connectivity index (χ0v) is 14.2. The molecule has 1 fully saturated rings. The van der Waals surface area contributed by atoms with Crippen molar-refractivity contribution in [3.63, 3.8) is 0 Å². The number of rotatable bonds is 5. The standard InChI is InChI=1S/C16H17F3N2O6/c1-26-13(22)8-27-10-4-2-3-9(5-10)20-15(25)21-6-11(14(23)24)12(7-21)16(17,18)19/h2-5,11-12H,6-8H2,1H3,(H,20,25)(H,23,24)/t11-,12-/m1/s1. The molecule has 1 aliphatic rings. The molecule has 148 valence electrons. The van der Waals surface area contributed by atoms with Crippen LogP contribution in [0.25, 0.3) is 0 Å². The number of carboxylic acid groups (broad SMARTS) is 1. The molecule has 0 spiro atoms. The highest BCUT2D eigenvalue weighted by Gasteiger charge is 2.53. The van der Waals surface area contributed by atoms with Crippen LogP contribution in [0.15, 0.2) is 24.3 Å². The quantitative estimate of drug-likeness (QED) is 0.745. The number of hydrogen-bond acceptors (Lipinski definition) is 5. The maximum absolute atomic E-state index is 13.0. The predicted molar refractivity (Wildman–Crippen MR) is 85.2 cm³/mol. The number of anilines is 1. The van der Waals surface area contributed by atoms with E-state index in [2.05, 4.69) is 10.1 Å². The van der Waals surface area contributed by atoms with Gasteiger partial charge >= 0.3 is 24.1 Å². The van der Waals surface area contributed by atoms with E-state index in [1.165, 1.54) is 31.4 Å². The number of carboxylic acids is 1. The molecule has 2 amide bonds. The van der Waals surface area contributed by atoms with Crippen molar-refractivity contribution in [1.82, 2.24) is 4.90 Å². The fraction of sp³-hybridized carbons (Fsp3) is 0.438. The molecule has 8 nitrogen and oxygen atoms in total. The molecule has 1 aromatic carbocycles. The lowest BCUT2D eigenvalue weighted by atomic mass is 9.96. The Labute approximate surface area is 151 Å². The predicted octanol–water partition coefficient (Wildman–Crippen LogP) is 1.97. The molecule has 1 aromatic rings. The molecule has 2 rings (SSSR count). The SMILES string of the molecule is COC(=O)COc1cccc(NC(=O)N2C[C@@H](C(F)(F)F)[C@H](C(=O)O)C2)c1. The van der Waals surface area contributed by atoms with Gasteiger partial charge in [-0.1, -0.05) is 6.07 Å². The molecule has 0 aromatic heterocycles. The Balaban J connectivity index is 2.03. The van der Waals surface area contributed by atoms with E-state index in [1.54, 1.807) is 0 Å². The first-order valence-corrected chi connectivity index (χ1v) is 7.77. The van der Waals surface area contributed by atoms with Crippen molar-refractivity contribution in [3.05, 3.63) is 24.3 Å². The number of carbonyl (C=O) groups excluding carboxylic acids is 2. The molecule has 1 saturated heterocycles. The maximum atomic E-state index is 13.0. The third-order valence-electron chi connectivity index (χ3n) is 4.01. The third kappa shape index (κ3) is 5.25. The van der Waals surface area contributed by atoms with Gasteiger partial charge in [0.15, 0.2) is 6.61 Å². The van der Waals surface area contributed by atoms with Crippen LogP contribution in [0.5, 0.6) is 5.75 Å². The number of urea groups is 1. The Kier molecular flexibility index (Phi) is 6.13. The first kappa shape index (κ1) is 20.3. The minimum Gasteiger partial charge on any atom is -0.482 e. The van der Waals surface area contributed by atoms with Crippen molar-refractivity contribution in [3.8, 4) is 5.75 Å². The Morgan fingerprint density at radius 1 is 1.30 bits per heavy atom. The van der Waals surface area contributed by atoms with Gasteiger partial charge in [-0.05, 0) is 12.1 Å². The van der Waals surface area contributed by atoms with Crippen molar-refractivity contribution in [1.29, 1.82) is 0 Å². The van der Waals surface area contributed by atoms with Crippen LogP contribution in [-0.4, -0.2) is 61.0 Å². The van der Waals surface area contributed by atoms with Gasteiger partial charge in [0, 0.05) is 24.8 Å². The van der Waals surface area contributed by atoms with Crippen molar-refractivity contribution >= 4 is 23.7 Å².